The van der Waals surface area contributed by atoms with Crippen molar-refractivity contribution in [2.24, 2.45) is 16.5 Å². The maximum atomic E-state index is 6.52. The van der Waals surface area contributed by atoms with Crippen molar-refractivity contribution in [3.8, 4) is 11.1 Å². The van der Waals surface area contributed by atoms with E-state index in [4.69, 9.17) is 16.5 Å². The summed E-state index contributed by atoms with van der Waals surface area (Å²) in [5.41, 5.74) is 27.0. The summed E-state index contributed by atoms with van der Waals surface area (Å²) in [6, 6.07) is 45.1. The largest absolute Gasteiger partial charge is 0.405 e. The summed E-state index contributed by atoms with van der Waals surface area (Å²) < 4.78 is 0. The van der Waals surface area contributed by atoms with Gasteiger partial charge < -0.3 is 11.5 Å². The average molecular weight is 666 g/mol. The summed E-state index contributed by atoms with van der Waals surface area (Å²) in [4.78, 5) is 5.03. The molecule has 5 aromatic carbocycles. The highest BCUT2D eigenvalue weighted by molar-refractivity contribution is 5.97. The number of amidine groups is 1. The number of fused-ring (bicyclic) bond motifs is 1. The first kappa shape index (κ1) is 34.9. The Morgan fingerprint density at radius 3 is 2.10 bits per heavy atom. The van der Waals surface area contributed by atoms with Crippen LogP contribution < -0.4 is 11.5 Å². The molecule has 51 heavy (non-hydrogen) atoms. The number of rotatable bonds is 9. The van der Waals surface area contributed by atoms with Crippen molar-refractivity contribution in [3.05, 3.63) is 208 Å². The Balaban J connectivity index is 0.00000220. The molecule has 3 heteroatoms. The zero-order valence-electron chi connectivity index (χ0n) is 29.7. The van der Waals surface area contributed by atoms with Crippen molar-refractivity contribution in [3.63, 3.8) is 0 Å². The van der Waals surface area contributed by atoms with Gasteiger partial charge in [-0.15, -0.1) is 0 Å². The maximum absolute atomic E-state index is 6.52. The molecule has 0 bridgehead atoms. The Labute approximate surface area is 303 Å². The molecule has 0 spiro atoms. The third-order valence-corrected chi connectivity index (χ3v) is 9.46. The molecule has 0 fully saturated rings. The number of nitrogens with two attached hydrogens (primary N) is 2. The quantitative estimate of drug-likeness (QED) is 0.122. The molecule has 254 valence electrons. The van der Waals surface area contributed by atoms with Gasteiger partial charge in [0.2, 0.25) is 0 Å². The second kappa shape index (κ2) is 17.1. The Morgan fingerprint density at radius 2 is 1.41 bits per heavy atom. The van der Waals surface area contributed by atoms with Crippen molar-refractivity contribution in [2.75, 3.05) is 0 Å². The van der Waals surface area contributed by atoms with E-state index in [0.717, 1.165) is 42.4 Å². The van der Waals surface area contributed by atoms with Gasteiger partial charge in [0.25, 0.3) is 0 Å². The van der Waals surface area contributed by atoms with Gasteiger partial charge in [-0.2, -0.15) is 0 Å². The van der Waals surface area contributed by atoms with Gasteiger partial charge in [0.05, 0.1) is 6.04 Å². The van der Waals surface area contributed by atoms with Crippen molar-refractivity contribution < 1.29 is 0 Å². The third kappa shape index (κ3) is 8.63. The van der Waals surface area contributed by atoms with Crippen LogP contribution in [-0.4, -0.2) is 5.84 Å². The van der Waals surface area contributed by atoms with E-state index in [1.807, 2.05) is 56.3 Å². The molecule has 2 aliphatic rings. The van der Waals surface area contributed by atoms with Crippen LogP contribution in [0, 0.1) is 0 Å². The Bertz CT molecular complexity index is 2090. The highest BCUT2D eigenvalue weighted by Crippen LogP contribution is 2.35. The topological polar surface area (TPSA) is 64.4 Å². The first-order valence-corrected chi connectivity index (χ1v) is 18.1. The average Bonchev–Trinajstić information content (AvgIpc) is 3.21. The first-order valence-electron chi connectivity index (χ1n) is 18.1. The molecule has 1 unspecified atom stereocenters. The Morgan fingerprint density at radius 1 is 0.725 bits per heavy atom. The predicted molar refractivity (Wildman–Crippen MR) is 219 cm³/mol. The lowest BCUT2D eigenvalue weighted by Crippen LogP contribution is -2.16. The molecule has 4 N–H and O–H groups in total. The van der Waals surface area contributed by atoms with Crippen LogP contribution in [0.25, 0.3) is 28.3 Å². The summed E-state index contributed by atoms with van der Waals surface area (Å²) in [6.07, 6.45) is 18.3. The van der Waals surface area contributed by atoms with E-state index in [-0.39, 0.29) is 6.04 Å². The second-order valence-corrected chi connectivity index (χ2v) is 12.7. The summed E-state index contributed by atoms with van der Waals surface area (Å²) in [6.45, 7) is 4.00. The van der Waals surface area contributed by atoms with Crippen LogP contribution in [-0.2, 0) is 12.8 Å². The maximum Gasteiger partial charge on any atom is 0.126 e. The summed E-state index contributed by atoms with van der Waals surface area (Å²) >= 11 is 0. The van der Waals surface area contributed by atoms with Gasteiger partial charge in [-0.1, -0.05) is 166 Å². The molecule has 0 saturated carbocycles. The fraction of sp³-hybridized carbons (Fsp3) is 0.146. The van der Waals surface area contributed by atoms with Crippen LogP contribution in [0.2, 0.25) is 0 Å². The molecule has 0 heterocycles. The highest BCUT2D eigenvalue weighted by atomic mass is 14.9. The van der Waals surface area contributed by atoms with E-state index >= 15 is 0 Å². The van der Waals surface area contributed by atoms with Crippen LogP contribution in [0.3, 0.4) is 0 Å². The summed E-state index contributed by atoms with van der Waals surface area (Å²) in [7, 11) is 0. The molecular weight excluding hydrogens is 619 g/mol. The molecule has 1 atom stereocenters. The van der Waals surface area contributed by atoms with Crippen LogP contribution in [0.5, 0.6) is 0 Å². The Kier molecular flexibility index (Phi) is 11.7. The van der Waals surface area contributed by atoms with E-state index < -0.39 is 0 Å². The molecule has 7 rings (SSSR count). The smallest absolute Gasteiger partial charge is 0.126 e. The summed E-state index contributed by atoms with van der Waals surface area (Å²) in [5, 5.41) is 0. The molecule has 2 aliphatic carbocycles. The second-order valence-electron chi connectivity index (χ2n) is 12.7. The minimum atomic E-state index is -0.0822. The van der Waals surface area contributed by atoms with Gasteiger partial charge in [0, 0.05) is 5.56 Å². The minimum absolute atomic E-state index is 0.0822. The number of benzene rings is 5. The molecule has 0 radical (unpaired) electrons. The summed E-state index contributed by atoms with van der Waals surface area (Å²) in [5.74, 6) is 0.561. The van der Waals surface area contributed by atoms with Crippen LogP contribution in [0.4, 0.5) is 0 Å². The van der Waals surface area contributed by atoms with Gasteiger partial charge in [0.15, 0.2) is 0 Å². The predicted octanol–water partition coefficient (Wildman–Crippen LogP) is 11.3. The molecule has 0 saturated heterocycles. The lowest BCUT2D eigenvalue weighted by atomic mass is 9.86. The van der Waals surface area contributed by atoms with E-state index in [0.29, 0.717) is 5.84 Å². The van der Waals surface area contributed by atoms with E-state index in [1.165, 1.54) is 50.1 Å². The van der Waals surface area contributed by atoms with E-state index in [2.05, 4.69) is 121 Å². The molecule has 3 nitrogen and oxygen atoms in total. The number of allylic oxidation sites excluding steroid dienone is 8. The zero-order valence-corrected chi connectivity index (χ0v) is 29.7. The van der Waals surface area contributed by atoms with Gasteiger partial charge in [-0.05, 0) is 105 Å². The van der Waals surface area contributed by atoms with Gasteiger partial charge in [-0.25, -0.2) is 0 Å². The molecular formula is C48H47N3. The lowest BCUT2D eigenvalue weighted by Gasteiger charge is -2.19. The fourth-order valence-corrected chi connectivity index (χ4v) is 6.78. The number of aliphatic imine (C=N–C) groups is 1. The van der Waals surface area contributed by atoms with E-state index in [1.54, 1.807) is 6.20 Å². The minimum Gasteiger partial charge on any atom is -0.405 e. The standard InChI is InChI=1S/C46H41N3.C2H6/c47-29-28-44(37-12-6-2-7-13-37)38-22-16-34(17-23-38)41-26-20-36-21-27-42(32-43(36)31-41)35-18-24-39(25-19-35)45(30-33-10-4-1-5-11-33)49-46(48)40-14-8-3-9-15-40;1-2/h1-12,14-20,22-26,28-29,31-32,45H,13,21,27,30,47H2,(H2,48,49);1-2H3/b29-28-,44-37+;. The molecule has 0 aliphatic heterocycles. The molecule has 5 aromatic rings. The lowest BCUT2D eigenvalue weighted by molar-refractivity contribution is 0.723. The van der Waals surface area contributed by atoms with Crippen LogP contribution >= 0.6 is 0 Å². The molecule has 0 amide bonds. The van der Waals surface area contributed by atoms with Crippen LogP contribution in [0.1, 0.15) is 71.7 Å². The SMILES string of the molecule is CC.N/C=C\C(=C1\C=CC=CC1)c1ccc(-c2ccc3c(c2)C=C(c2ccc(C(Cc4ccccc4)N=C(N)c4ccccc4)cc2)CC3)cc1. The normalized spacial score (nSPS) is 15.4. The Hall–Kier alpha value is -5.93. The number of hydrogen-bond acceptors (Lipinski definition) is 2. The number of hydrogen-bond donors (Lipinski definition) is 2. The molecule has 0 aromatic heterocycles. The zero-order chi connectivity index (χ0) is 35.4. The van der Waals surface area contributed by atoms with Gasteiger partial charge in [-0.3, -0.25) is 4.99 Å². The monoisotopic (exact) mass is 665 g/mol. The van der Waals surface area contributed by atoms with Crippen molar-refractivity contribution in [1.29, 1.82) is 0 Å². The van der Waals surface area contributed by atoms with Crippen molar-refractivity contribution in [1.82, 2.24) is 0 Å². The van der Waals surface area contributed by atoms with Gasteiger partial charge in [0.1, 0.15) is 5.84 Å². The number of aryl methyl sites for hydroxylation is 1. The van der Waals surface area contributed by atoms with Crippen LogP contribution in [0.15, 0.2) is 175 Å². The van der Waals surface area contributed by atoms with Crippen molar-refractivity contribution in [2.45, 2.75) is 45.6 Å². The highest BCUT2D eigenvalue weighted by Gasteiger charge is 2.16. The number of nitrogens with zero attached hydrogens (tertiary/aromatic N) is 1. The first-order chi connectivity index (χ1) is 25.1. The van der Waals surface area contributed by atoms with Crippen molar-refractivity contribution >= 4 is 23.1 Å². The van der Waals surface area contributed by atoms with Gasteiger partial charge >= 0.3 is 0 Å². The third-order valence-electron chi connectivity index (χ3n) is 9.46. The van der Waals surface area contributed by atoms with E-state index in [9.17, 15) is 0 Å². The fourth-order valence-electron chi connectivity index (χ4n) is 6.78.